The van der Waals surface area contributed by atoms with Crippen LogP contribution < -0.4 is 5.32 Å². The predicted molar refractivity (Wildman–Crippen MR) is 86.4 cm³/mol. The molecular weight excluding hydrogens is 274 g/mol. The Balaban J connectivity index is 1.66. The Morgan fingerprint density at radius 2 is 1.64 bits per heavy atom. The molecule has 1 N–H and O–H groups in total. The van der Waals surface area contributed by atoms with Crippen molar-refractivity contribution in [1.29, 1.82) is 0 Å². The summed E-state index contributed by atoms with van der Waals surface area (Å²) in [6, 6.07) is 13.7. The monoisotopic (exact) mass is 295 g/mol. The molecule has 1 heterocycles. The average Bonchev–Trinajstić information content (AvgIpc) is 2.84. The van der Waals surface area contributed by atoms with E-state index in [-0.39, 0.29) is 11.9 Å². The molecule has 0 aliphatic heterocycles. The summed E-state index contributed by atoms with van der Waals surface area (Å²) < 4.78 is 0. The molecule has 1 aliphatic rings. The van der Waals surface area contributed by atoms with Gasteiger partial charge in [0.2, 0.25) is 0 Å². The van der Waals surface area contributed by atoms with Crippen LogP contribution in [0, 0.1) is 0 Å². The van der Waals surface area contributed by atoms with Crippen molar-refractivity contribution in [3.63, 3.8) is 0 Å². The molecule has 0 unspecified atom stereocenters. The third-order valence-electron chi connectivity index (χ3n) is 4.16. The maximum atomic E-state index is 12.3. The summed E-state index contributed by atoms with van der Waals surface area (Å²) in [5.74, 6) is -0.112. The second-order valence-corrected chi connectivity index (χ2v) is 5.83. The molecule has 4 nitrogen and oxygen atoms in total. The largest absolute Gasteiger partial charge is 0.348 e. The fourth-order valence-electron chi connectivity index (χ4n) is 2.90. The molecule has 1 saturated carbocycles. The summed E-state index contributed by atoms with van der Waals surface area (Å²) in [7, 11) is 0. The Morgan fingerprint density at radius 1 is 0.909 bits per heavy atom. The maximum absolute atomic E-state index is 12.3. The lowest BCUT2D eigenvalue weighted by Gasteiger charge is -2.15. The average molecular weight is 295 g/mol. The number of benzene rings is 1. The summed E-state index contributed by atoms with van der Waals surface area (Å²) in [4.78, 5) is 12.3. The van der Waals surface area contributed by atoms with Gasteiger partial charge in [-0.05, 0) is 25.0 Å². The molecule has 1 aromatic heterocycles. The second kappa shape index (κ2) is 7.16. The first-order valence-electron chi connectivity index (χ1n) is 8.03. The highest BCUT2D eigenvalue weighted by Crippen LogP contribution is 2.18. The first-order valence-corrected chi connectivity index (χ1v) is 8.03. The number of nitrogens with zero attached hydrogens (tertiary/aromatic N) is 2. The minimum absolute atomic E-state index is 0.112. The zero-order valence-corrected chi connectivity index (χ0v) is 12.7. The first kappa shape index (κ1) is 14.7. The van der Waals surface area contributed by atoms with Crippen molar-refractivity contribution in [2.45, 2.75) is 44.6 Å². The number of rotatable bonds is 3. The SMILES string of the molecule is O=C(NC1CCCCCC1)c1ccc(-c2ccccc2)nn1. The second-order valence-electron chi connectivity index (χ2n) is 5.83. The molecule has 1 fully saturated rings. The van der Waals surface area contributed by atoms with Crippen molar-refractivity contribution in [2.24, 2.45) is 0 Å². The van der Waals surface area contributed by atoms with E-state index in [1.165, 1.54) is 25.7 Å². The van der Waals surface area contributed by atoms with Crippen molar-refractivity contribution >= 4 is 5.91 Å². The lowest BCUT2D eigenvalue weighted by molar-refractivity contribution is 0.0927. The highest BCUT2D eigenvalue weighted by Gasteiger charge is 2.16. The van der Waals surface area contributed by atoms with E-state index in [1.807, 2.05) is 36.4 Å². The summed E-state index contributed by atoms with van der Waals surface area (Å²) in [5.41, 5.74) is 2.18. The summed E-state index contributed by atoms with van der Waals surface area (Å²) in [6.07, 6.45) is 7.09. The van der Waals surface area contributed by atoms with Crippen LogP contribution in [-0.4, -0.2) is 22.1 Å². The van der Waals surface area contributed by atoms with Crippen LogP contribution in [0.3, 0.4) is 0 Å². The van der Waals surface area contributed by atoms with Crippen LogP contribution in [0.15, 0.2) is 42.5 Å². The quantitative estimate of drug-likeness (QED) is 0.880. The number of carbonyl (C=O) groups excluding carboxylic acids is 1. The number of aromatic nitrogens is 2. The number of carbonyl (C=O) groups is 1. The molecule has 4 heteroatoms. The van der Waals surface area contributed by atoms with Crippen molar-refractivity contribution in [2.75, 3.05) is 0 Å². The molecule has 0 radical (unpaired) electrons. The smallest absolute Gasteiger partial charge is 0.272 e. The molecule has 22 heavy (non-hydrogen) atoms. The Hall–Kier alpha value is -2.23. The molecule has 0 spiro atoms. The van der Waals surface area contributed by atoms with Crippen LogP contribution in [0.1, 0.15) is 49.0 Å². The molecule has 1 amide bonds. The minimum Gasteiger partial charge on any atom is -0.348 e. The van der Waals surface area contributed by atoms with E-state index in [2.05, 4.69) is 15.5 Å². The van der Waals surface area contributed by atoms with Crippen LogP contribution in [0.5, 0.6) is 0 Å². The Morgan fingerprint density at radius 3 is 2.27 bits per heavy atom. The zero-order valence-electron chi connectivity index (χ0n) is 12.7. The molecule has 1 aliphatic carbocycles. The number of amides is 1. The van der Waals surface area contributed by atoms with Crippen LogP contribution in [-0.2, 0) is 0 Å². The van der Waals surface area contributed by atoms with Gasteiger partial charge in [0.15, 0.2) is 5.69 Å². The van der Waals surface area contributed by atoms with Crippen LogP contribution in [0.25, 0.3) is 11.3 Å². The van der Waals surface area contributed by atoms with E-state index in [9.17, 15) is 4.79 Å². The van der Waals surface area contributed by atoms with Gasteiger partial charge >= 0.3 is 0 Å². The van der Waals surface area contributed by atoms with Crippen molar-refractivity contribution in [1.82, 2.24) is 15.5 Å². The van der Waals surface area contributed by atoms with Crippen molar-refractivity contribution < 1.29 is 4.79 Å². The van der Waals surface area contributed by atoms with Gasteiger partial charge in [-0.2, -0.15) is 0 Å². The normalized spacial score (nSPS) is 16.0. The number of nitrogens with one attached hydrogen (secondary N) is 1. The Kier molecular flexibility index (Phi) is 4.78. The molecule has 0 bridgehead atoms. The molecule has 114 valence electrons. The lowest BCUT2D eigenvalue weighted by Crippen LogP contribution is -2.35. The van der Waals surface area contributed by atoms with Gasteiger partial charge in [0.25, 0.3) is 5.91 Å². The van der Waals surface area contributed by atoms with Gasteiger partial charge in [0.05, 0.1) is 5.69 Å². The molecule has 0 saturated heterocycles. The summed E-state index contributed by atoms with van der Waals surface area (Å²) in [5, 5.41) is 11.3. The fraction of sp³-hybridized carbons (Fsp3) is 0.389. The van der Waals surface area contributed by atoms with Gasteiger partial charge in [-0.25, -0.2) is 0 Å². The highest BCUT2D eigenvalue weighted by atomic mass is 16.2. The topological polar surface area (TPSA) is 54.9 Å². The molecular formula is C18H21N3O. The van der Waals surface area contributed by atoms with Gasteiger partial charge in [-0.1, -0.05) is 56.0 Å². The van der Waals surface area contributed by atoms with Crippen LogP contribution >= 0.6 is 0 Å². The van der Waals surface area contributed by atoms with E-state index in [0.717, 1.165) is 24.1 Å². The lowest BCUT2D eigenvalue weighted by atomic mass is 10.1. The van der Waals surface area contributed by atoms with Gasteiger partial charge in [0, 0.05) is 11.6 Å². The van der Waals surface area contributed by atoms with E-state index in [1.54, 1.807) is 6.07 Å². The molecule has 1 aromatic carbocycles. The van der Waals surface area contributed by atoms with E-state index in [0.29, 0.717) is 5.69 Å². The van der Waals surface area contributed by atoms with Crippen LogP contribution in [0.2, 0.25) is 0 Å². The van der Waals surface area contributed by atoms with Gasteiger partial charge in [-0.3, -0.25) is 4.79 Å². The molecule has 0 atom stereocenters. The van der Waals surface area contributed by atoms with Crippen LogP contribution in [0.4, 0.5) is 0 Å². The van der Waals surface area contributed by atoms with E-state index < -0.39 is 0 Å². The third kappa shape index (κ3) is 3.70. The zero-order chi connectivity index (χ0) is 15.2. The van der Waals surface area contributed by atoms with E-state index in [4.69, 9.17) is 0 Å². The molecule has 3 rings (SSSR count). The fourth-order valence-corrected chi connectivity index (χ4v) is 2.90. The summed E-state index contributed by atoms with van der Waals surface area (Å²) in [6.45, 7) is 0. The van der Waals surface area contributed by atoms with E-state index >= 15 is 0 Å². The molecule has 2 aromatic rings. The summed E-state index contributed by atoms with van der Waals surface area (Å²) >= 11 is 0. The predicted octanol–water partition coefficient (Wildman–Crippen LogP) is 3.60. The van der Waals surface area contributed by atoms with Gasteiger partial charge in [-0.15, -0.1) is 10.2 Å². The van der Waals surface area contributed by atoms with Crippen molar-refractivity contribution in [3.8, 4) is 11.3 Å². The number of hydrogen-bond acceptors (Lipinski definition) is 3. The Bertz CT molecular complexity index is 602. The standard InChI is InChI=1S/C18H21N3O/c22-18(19-15-10-6-1-2-7-11-15)17-13-12-16(20-21-17)14-8-4-3-5-9-14/h3-5,8-9,12-13,15H,1-2,6-7,10-11H2,(H,19,22). The maximum Gasteiger partial charge on any atom is 0.272 e. The third-order valence-corrected chi connectivity index (χ3v) is 4.16. The first-order chi connectivity index (χ1) is 10.8. The van der Waals surface area contributed by atoms with Gasteiger partial charge < -0.3 is 5.32 Å². The minimum atomic E-state index is -0.112. The van der Waals surface area contributed by atoms with Gasteiger partial charge in [0.1, 0.15) is 0 Å². The Labute approximate surface area is 131 Å². The number of hydrogen-bond donors (Lipinski definition) is 1. The highest BCUT2D eigenvalue weighted by molar-refractivity contribution is 5.92. The van der Waals surface area contributed by atoms with Crippen molar-refractivity contribution in [3.05, 3.63) is 48.2 Å².